The zero-order valence-electron chi connectivity index (χ0n) is 13.5. The highest BCUT2D eigenvalue weighted by atomic mass is 32.2. The van der Waals surface area contributed by atoms with Crippen LogP contribution in [0.4, 0.5) is 0 Å². The van der Waals surface area contributed by atoms with Crippen molar-refractivity contribution in [1.29, 1.82) is 0 Å². The molecule has 0 spiro atoms. The number of carbonyl (C=O) groups excluding carboxylic acids is 2. The maximum atomic E-state index is 12.0. The summed E-state index contributed by atoms with van der Waals surface area (Å²) < 4.78 is 3.28. The van der Waals surface area contributed by atoms with Crippen molar-refractivity contribution in [3.05, 3.63) is 41.5 Å². The van der Waals surface area contributed by atoms with Crippen LogP contribution in [0.5, 0.6) is 0 Å². The molecule has 124 valence electrons. The first kappa shape index (κ1) is 16.2. The fourth-order valence-corrected chi connectivity index (χ4v) is 2.88. The summed E-state index contributed by atoms with van der Waals surface area (Å²) in [6.07, 6.45) is 1.74. The molecule has 0 aliphatic rings. The van der Waals surface area contributed by atoms with Crippen LogP contribution < -0.4 is 5.32 Å². The number of amides is 2. The molecule has 2 amide bonds. The highest BCUT2D eigenvalue weighted by Gasteiger charge is 2.15. The summed E-state index contributed by atoms with van der Waals surface area (Å²) in [7, 11) is 1.74. The second-order valence-corrected chi connectivity index (χ2v) is 6.26. The minimum Gasteiger partial charge on any atom is -0.347 e. The lowest BCUT2D eigenvalue weighted by molar-refractivity contribution is -0.117. The third kappa shape index (κ3) is 3.30. The zero-order chi connectivity index (χ0) is 17.3. The quantitative estimate of drug-likeness (QED) is 0.713. The average Bonchev–Trinajstić information content (AvgIpc) is 3.11. The van der Waals surface area contributed by atoms with Gasteiger partial charge in [0.2, 0.25) is 11.1 Å². The Balaban J connectivity index is 1.63. The van der Waals surface area contributed by atoms with Crippen molar-refractivity contribution in [3.63, 3.8) is 0 Å². The lowest BCUT2D eigenvalue weighted by atomic mass is 10.4. The predicted octanol–water partition coefficient (Wildman–Crippen LogP) is 1.13. The summed E-state index contributed by atoms with van der Waals surface area (Å²) in [5.41, 5.74) is 2.20. The number of aryl methyl sites for hydroxylation is 3. The SMILES string of the molecule is Cc1cc(C)n2nc(SCC(=O)NC(=O)c3cccn3C)nc2n1. The molecular weight excluding hydrogens is 328 g/mol. The summed E-state index contributed by atoms with van der Waals surface area (Å²) in [5, 5.41) is 7.10. The first-order valence-electron chi connectivity index (χ1n) is 7.23. The Bertz CT molecular complexity index is 929. The molecule has 9 heteroatoms. The average molecular weight is 344 g/mol. The minimum atomic E-state index is -0.427. The Labute approximate surface area is 142 Å². The molecule has 0 aromatic carbocycles. The normalized spacial score (nSPS) is 11.0. The van der Waals surface area contributed by atoms with E-state index in [1.807, 2.05) is 19.9 Å². The van der Waals surface area contributed by atoms with E-state index in [1.165, 1.54) is 0 Å². The van der Waals surface area contributed by atoms with E-state index in [0.717, 1.165) is 23.1 Å². The summed E-state index contributed by atoms with van der Waals surface area (Å²) in [4.78, 5) is 32.5. The van der Waals surface area contributed by atoms with Gasteiger partial charge in [-0.05, 0) is 32.0 Å². The molecule has 0 aliphatic heterocycles. The van der Waals surface area contributed by atoms with Crippen LogP contribution in [0.15, 0.2) is 29.6 Å². The van der Waals surface area contributed by atoms with Crippen molar-refractivity contribution in [2.24, 2.45) is 7.05 Å². The molecule has 3 aromatic rings. The van der Waals surface area contributed by atoms with Gasteiger partial charge in [0.15, 0.2) is 0 Å². The number of nitrogens with one attached hydrogen (secondary N) is 1. The Morgan fingerprint density at radius 2 is 2.08 bits per heavy atom. The van der Waals surface area contributed by atoms with E-state index >= 15 is 0 Å². The van der Waals surface area contributed by atoms with Gasteiger partial charge < -0.3 is 4.57 Å². The van der Waals surface area contributed by atoms with Crippen LogP contribution in [0.3, 0.4) is 0 Å². The van der Waals surface area contributed by atoms with Gasteiger partial charge in [0.25, 0.3) is 11.7 Å². The molecule has 3 heterocycles. The minimum absolute atomic E-state index is 0.0467. The first-order valence-corrected chi connectivity index (χ1v) is 8.22. The summed E-state index contributed by atoms with van der Waals surface area (Å²) in [5.74, 6) is -0.282. The fraction of sp³-hybridized carbons (Fsp3) is 0.267. The van der Waals surface area contributed by atoms with Gasteiger partial charge in [-0.15, -0.1) is 5.10 Å². The third-order valence-corrected chi connectivity index (χ3v) is 4.20. The molecule has 8 nitrogen and oxygen atoms in total. The molecule has 0 saturated carbocycles. The van der Waals surface area contributed by atoms with Gasteiger partial charge in [-0.2, -0.15) is 4.98 Å². The topological polar surface area (TPSA) is 94.2 Å². The Morgan fingerprint density at radius 1 is 1.29 bits per heavy atom. The van der Waals surface area contributed by atoms with Crippen molar-refractivity contribution < 1.29 is 9.59 Å². The standard InChI is InChI=1S/C15H16N6O2S/c1-9-7-10(2)21-14(16-9)18-15(19-21)24-8-12(22)17-13(23)11-5-4-6-20(11)3/h4-7H,8H2,1-3H3,(H,17,22,23). The molecule has 0 bridgehead atoms. The Hall–Kier alpha value is -2.68. The van der Waals surface area contributed by atoms with Crippen LogP contribution in [0.1, 0.15) is 21.9 Å². The van der Waals surface area contributed by atoms with E-state index in [0.29, 0.717) is 16.6 Å². The summed E-state index contributed by atoms with van der Waals surface area (Å²) in [6.45, 7) is 3.80. The van der Waals surface area contributed by atoms with Gasteiger partial charge in [0.05, 0.1) is 5.75 Å². The first-order chi connectivity index (χ1) is 11.4. The number of imide groups is 1. The van der Waals surface area contributed by atoms with Crippen molar-refractivity contribution in [2.45, 2.75) is 19.0 Å². The molecule has 1 N–H and O–H groups in total. The van der Waals surface area contributed by atoms with Crippen LogP contribution in [0.25, 0.3) is 5.78 Å². The molecule has 0 atom stereocenters. The van der Waals surface area contributed by atoms with Crippen LogP contribution in [0, 0.1) is 13.8 Å². The number of fused-ring (bicyclic) bond motifs is 1. The summed E-state index contributed by atoms with van der Waals surface area (Å²) >= 11 is 1.16. The molecule has 0 fully saturated rings. The molecule has 3 rings (SSSR count). The number of carbonyl (C=O) groups is 2. The van der Waals surface area contributed by atoms with Gasteiger partial charge in [-0.1, -0.05) is 11.8 Å². The molecule has 3 aromatic heterocycles. The van der Waals surface area contributed by atoms with Gasteiger partial charge in [-0.25, -0.2) is 9.50 Å². The molecule has 0 aliphatic carbocycles. The van der Waals surface area contributed by atoms with Crippen molar-refractivity contribution in [2.75, 3.05) is 5.75 Å². The maximum absolute atomic E-state index is 12.0. The molecule has 0 unspecified atom stereocenters. The van der Waals surface area contributed by atoms with E-state index in [1.54, 1.807) is 34.5 Å². The predicted molar refractivity (Wildman–Crippen MR) is 88.9 cm³/mol. The largest absolute Gasteiger partial charge is 0.347 e. The number of hydrogen-bond acceptors (Lipinski definition) is 6. The van der Waals surface area contributed by atoms with Crippen LogP contribution in [0.2, 0.25) is 0 Å². The van der Waals surface area contributed by atoms with E-state index in [-0.39, 0.29) is 5.75 Å². The van der Waals surface area contributed by atoms with Crippen LogP contribution in [-0.2, 0) is 11.8 Å². The smallest absolute Gasteiger partial charge is 0.274 e. The van der Waals surface area contributed by atoms with Gasteiger partial charge >= 0.3 is 0 Å². The number of nitrogens with zero attached hydrogens (tertiary/aromatic N) is 5. The Morgan fingerprint density at radius 3 is 2.79 bits per heavy atom. The fourth-order valence-electron chi connectivity index (χ4n) is 2.26. The van der Waals surface area contributed by atoms with Crippen LogP contribution >= 0.6 is 11.8 Å². The lowest BCUT2D eigenvalue weighted by Crippen LogP contribution is -2.32. The lowest BCUT2D eigenvalue weighted by Gasteiger charge is -2.03. The van der Waals surface area contributed by atoms with Crippen molar-refractivity contribution >= 4 is 29.4 Å². The Kier molecular flexibility index (Phi) is 4.34. The third-order valence-electron chi connectivity index (χ3n) is 3.36. The van der Waals surface area contributed by atoms with E-state index in [2.05, 4.69) is 20.4 Å². The molecule has 0 radical (unpaired) electrons. The highest BCUT2D eigenvalue weighted by molar-refractivity contribution is 7.99. The van der Waals surface area contributed by atoms with Gasteiger partial charge in [0, 0.05) is 24.6 Å². The van der Waals surface area contributed by atoms with Gasteiger partial charge in [0.1, 0.15) is 5.69 Å². The highest BCUT2D eigenvalue weighted by Crippen LogP contribution is 2.15. The second kappa shape index (κ2) is 6.44. The summed E-state index contributed by atoms with van der Waals surface area (Å²) in [6, 6.07) is 5.30. The monoisotopic (exact) mass is 344 g/mol. The number of aromatic nitrogens is 5. The molecule has 0 saturated heterocycles. The van der Waals surface area contributed by atoms with Crippen LogP contribution in [-0.4, -0.2) is 41.7 Å². The van der Waals surface area contributed by atoms with E-state index < -0.39 is 11.8 Å². The van der Waals surface area contributed by atoms with Crippen molar-refractivity contribution in [1.82, 2.24) is 29.5 Å². The number of thioether (sulfide) groups is 1. The van der Waals surface area contributed by atoms with E-state index in [4.69, 9.17) is 0 Å². The second-order valence-electron chi connectivity index (χ2n) is 5.32. The van der Waals surface area contributed by atoms with Crippen molar-refractivity contribution in [3.8, 4) is 0 Å². The number of hydrogen-bond donors (Lipinski definition) is 1. The number of rotatable bonds is 4. The molecule has 24 heavy (non-hydrogen) atoms. The molecular formula is C15H16N6O2S. The van der Waals surface area contributed by atoms with E-state index in [9.17, 15) is 9.59 Å². The maximum Gasteiger partial charge on any atom is 0.274 e. The zero-order valence-corrected chi connectivity index (χ0v) is 14.3. The van der Waals surface area contributed by atoms with Gasteiger partial charge in [-0.3, -0.25) is 14.9 Å².